The molecular formula is C10H6F5NO2. The van der Waals surface area contributed by atoms with E-state index in [0.29, 0.717) is 0 Å². The fourth-order valence-corrected chi connectivity index (χ4v) is 1.90. The monoisotopic (exact) mass is 267 g/mol. The van der Waals surface area contributed by atoms with Crippen molar-refractivity contribution in [1.29, 1.82) is 0 Å². The third-order valence-electron chi connectivity index (χ3n) is 3.22. The molecule has 0 bridgehead atoms. The van der Waals surface area contributed by atoms with Crippen molar-refractivity contribution in [2.75, 3.05) is 0 Å². The van der Waals surface area contributed by atoms with E-state index in [0.717, 1.165) is 6.92 Å². The lowest BCUT2D eigenvalue weighted by molar-refractivity contribution is -0.535. The Morgan fingerprint density at radius 2 is 1.44 bits per heavy atom. The maximum atomic E-state index is 13.4. The minimum Gasteiger partial charge on any atom is -0.264 e. The van der Waals surface area contributed by atoms with Crippen molar-refractivity contribution in [3.63, 3.8) is 0 Å². The van der Waals surface area contributed by atoms with Gasteiger partial charge in [-0.2, -0.15) is 0 Å². The molecule has 0 spiro atoms. The van der Waals surface area contributed by atoms with E-state index in [1.165, 1.54) is 0 Å². The summed E-state index contributed by atoms with van der Waals surface area (Å²) in [6.07, 6.45) is -0.266. The van der Waals surface area contributed by atoms with E-state index in [1.807, 2.05) is 0 Å². The van der Waals surface area contributed by atoms with Crippen molar-refractivity contribution in [1.82, 2.24) is 0 Å². The first-order chi connectivity index (χ1) is 8.21. The highest BCUT2D eigenvalue weighted by molar-refractivity contribution is 5.35. The zero-order valence-electron chi connectivity index (χ0n) is 8.94. The summed E-state index contributed by atoms with van der Waals surface area (Å²) in [5.41, 5.74) is -2.79. The topological polar surface area (TPSA) is 43.1 Å². The second-order valence-electron chi connectivity index (χ2n) is 4.35. The summed E-state index contributed by atoms with van der Waals surface area (Å²) in [4.78, 5) is 9.84. The van der Waals surface area contributed by atoms with Gasteiger partial charge in [0.15, 0.2) is 23.3 Å². The van der Waals surface area contributed by atoms with Crippen LogP contribution in [-0.2, 0) is 0 Å². The smallest absolute Gasteiger partial charge is 0.227 e. The fourth-order valence-electron chi connectivity index (χ4n) is 1.90. The van der Waals surface area contributed by atoms with Crippen molar-refractivity contribution in [3.05, 3.63) is 44.8 Å². The van der Waals surface area contributed by atoms with E-state index in [1.54, 1.807) is 0 Å². The van der Waals surface area contributed by atoms with Gasteiger partial charge in [0.25, 0.3) is 0 Å². The molecule has 0 saturated heterocycles. The molecule has 2 rings (SSSR count). The molecule has 8 heteroatoms. The molecule has 1 fully saturated rings. The number of hydrogen-bond donors (Lipinski definition) is 0. The Hall–Kier alpha value is -1.73. The van der Waals surface area contributed by atoms with E-state index in [-0.39, 0.29) is 6.42 Å². The molecule has 2 unspecified atom stereocenters. The van der Waals surface area contributed by atoms with Gasteiger partial charge in [0, 0.05) is 23.8 Å². The highest BCUT2D eigenvalue weighted by Gasteiger charge is 2.65. The predicted octanol–water partition coefficient (Wildman–Crippen LogP) is 2.90. The normalized spacial score (nSPS) is 26.2. The zero-order chi connectivity index (χ0) is 13.8. The number of hydrogen-bond acceptors (Lipinski definition) is 2. The van der Waals surface area contributed by atoms with Crippen LogP contribution in [0.25, 0.3) is 0 Å². The number of nitrogens with zero attached hydrogens (tertiary/aromatic N) is 1. The van der Waals surface area contributed by atoms with Crippen LogP contribution in [0.15, 0.2) is 0 Å². The molecule has 0 radical (unpaired) electrons. The van der Waals surface area contributed by atoms with Crippen LogP contribution in [0.3, 0.4) is 0 Å². The quantitative estimate of drug-likeness (QED) is 0.272. The first-order valence-corrected chi connectivity index (χ1v) is 4.87. The van der Waals surface area contributed by atoms with Crippen LogP contribution >= 0.6 is 0 Å². The molecular weight excluding hydrogens is 261 g/mol. The summed E-state index contributed by atoms with van der Waals surface area (Å²) >= 11 is 0. The summed E-state index contributed by atoms with van der Waals surface area (Å²) in [5.74, 6) is -11.7. The van der Waals surface area contributed by atoms with Crippen LogP contribution < -0.4 is 0 Å². The van der Waals surface area contributed by atoms with Gasteiger partial charge in [-0.15, -0.1) is 0 Å². The third-order valence-corrected chi connectivity index (χ3v) is 3.22. The van der Waals surface area contributed by atoms with Crippen molar-refractivity contribution in [2.24, 2.45) is 0 Å². The van der Waals surface area contributed by atoms with Crippen LogP contribution in [0.4, 0.5) is 22.0 Å². The molecule has 98 valence electrons. The van der Waals surface area contributed by atoms with Crippen molar-refractivity contribution < 1.29 is 26.9 Å². The molecule has 0 heterocycles. The highest BCUT2D eigenvalue weighted by Crippen LogP contribution is 2.55. The summed E-state index contributed by atoms with van der Waals surface area (Å²) in [6.45, 7) is 1.09. The van der Waals surface area contributed by atoms with E-state index in [9.17, 15) is 32.1 Å². The lowest BCUT2D eigenvalue weighted by atomic mass is 10.0. The standard InChI is InChI=1S/C10H6F5NO2/c1-10(16(17)18)2-3(10)4-5(11)7(13)9(15)8(14)6(4)12/h3H,2H2,1H3. The molecule has 0 aromatic heterocycles. The Morgan fingerprint density at radius 1 is 1.06 bits per heavy atom. The Morgan fingerprint density at radius 3 is 1.78 bits per heavy atom. The molecule has 0 N–H and O–H groups in total. The summed E-state index contributed by atoms with van der Waals surface area (Å²) in [7, 11) is 0. The maximum Gasteiger partial charge on any atom is 0.227 e. The summed E-state index contributed by atoms with van der Waals surface area (Å²) < 4.78 is 65.3. The van der Waals surface area contributed by atoms with Crippen LogP contribution in [0.2, 0.25) is 0 Å². The number of rotatable bonds is 2. The van der Waals surface area contributed by atoms with Crippen molar-refractivity contribution >= 4 is 0 Å². The lowest BCUT2D eigenvalue weighted by Crippen LogP contribution is -2.20. The Balaban J connectivity index is 2.58. The zero-order valence-corrected chi connectivity index (χ0v) is 8.94. The average molecular weight is 267 g/mol. The average Bonchev–Trinajstić information content (AvgIpc) is 2.98. The molecule has 2 atom stereocenters. The molecule has 1 saturated carbocycles. The molecule has 1 aliphatic rings. The van der Waals surface area contributed by atoms with Gasteiger partial charge in [0.1, 0.15) is 0 Å². The second-order valence-corrected chi connectivity index (χ2v) is 4.35. The van der Waals surface area contributed by atoms with E-state index in [4.69, 9.17) is 0 Å². The summed E-state index contributed by atoms with van der Waals surface area (Å²) in [6, 6.07) is 0. The number of benzene rings is 1. The van der Waals surface area contributed by atoms with Gasteiger partial charge in [-0.05, 0) is 0 Å². The number of halogens is 5. The van der Waals surface area contributed by atoms with Crippen molar-refractivity contribution in [2.45, 2.75) is 24.8 Å². The van der Waals surface area contributed by atoms with Crippen LogP contribution in [0.5, 0.6) is 0 Å². The van der Waals surface area contributed by atoms with Gasteiger partial charge in [0.2, 0.25) is 11.4 Å². The van der Waals surface area contributed by atoms with Crippen LogP contribution in [0.1, 0.15) is 24.8 Å². The maximum absolute atomic E-state index is 13.4. The lowest BCUT2D eigenvalue weighted by Gasteiger charge is -2.08. The van der Waals surface area contributed by atoms with E-state index < -0.39 is 51.0 Å². The minimum atomic E-state index is -2.27. The molecule has 1 aromatic rings. The summed E-state index contributed by atoms with van der Waals surface area (Å²) in [5, 5.41) is 10.6. The first kappa shape index (κ1) is 12.7. The van der Waals surface area contributed by atoms with Crippen LogP contribution in [0, 0.1) is 39.2 Å². The minimum absolute atomic E-state index is 0.266. The molecule has 1 aromatic carbocycles. The third kappa shape index (κ3) is 1.48. The molecule has 0 aliphatic heterocycles. The second kappa shape index (κ2) is 3.63. The molecule has 0 amide bonds. The Kier molecular flexibility index (Phi) is 2.56. The largest absolute Gasteiger partial charge is 0.264 e. The molecule has 1 aliphatic carbocycles. The Bertz CT molecular complexity index is 533. The molecule has 18 heavy (non-hydrogen) atoms. The van der Waals surface area contributed by atoms with Crippen LogP contribution in [-0.4, -0.2) is 10.5 Å². The van der Waals surface area contributed by atoms with Crippen molar-refractivity contribution in [3.8, 4) is 0 Å². The fraction of sp³-hybridized carbons (Fsp3) is 0.400. The highest BCUT2D eigenvalue weighted by atomic mass is 19.2. The van der Waals surface area contributed by atoms with Gasteiger partial charge in [-0.3, -0.25) is 10.1 Å². The van der Waals surface area contributed by atoms with Gasteiger partial charge in [-0.25, -0.2) is 22.0 Å². The van der Waals surface area contributed by atoms with Gasteiger partial charge in [-0.1, -0.05) is 0 Å². The van der Waals surface area contributed by atoms with E-state index in [2.05, 4.69) is 0 Å². The van der Waals surface area contributed by atoms with Gasteiger partial charge in [0.05, 0.1) is 5.92 Å². The molecule has 3 nitrogen and oxygen atoms in total. The van der Waals surface area contributed by atoms with Gasteiger partial charge >= 0.3 is 0 Å². The predicted molar refractivity (Wildman–Crippen MR) is 49.0 cm³/mol. The first-order valence-electron chi connectivity index (χ1n) is 4.87. The van der Waals surface area contributed by atoms with E-state index >= 15 is 0 Å². The SMILES string of the molecule is CC1([N+](=O)[O-])CC1c1c(F)c(F)c(F)c(F)c1F. The van der Waals surface area contributed by atoms with Gasteiger partial charge < -0.3 is 0 Å². The Labute approximate surface area is 97.4 Å². The number of nitro groups is 1.